The van der Waals surface area contributed by atoms with Crippen LogP contribution in [0, 0.1) is 22.7 Å². The predicted octanol–water partition coefficient (Wildman–Crippen LogP) is 2.55. The Balaban J connectivity index is 1.94. The van der Waals surface area contributed by atoms with Crippen LogP contribution in [-0.4, -0.2) is 36.0 Å². The highest BCUT2D eigenvalue weighted by atomic mass is 16.5. The van der Waals surface area contributed by atoms with E-state index in [-0.39, 0.29) is 12.0 Å². The van der Waals surface area contributed by atoms with Gasteiger partial charge in [0.1, 0.15) is 6.10 Å². The summed E-state index contributed by atoms with van der Waals surface area (Å²) in [5.74, 6) is -0.559. The topological polar surface area (TPSA) is 94.2 Å². The first-order valence-electron chi connectivity index (χ1n) is 8.21. The first kappa shape index (κ1) is 19.0. The van der Waals surface area contributed by atoms with Crippen molar-refractivity contribution in [1.29, 1.82) is 10.5 Å². The van der Waals surface area contributed by atoms with Crippen molar-refractivity contribution >= 4 is 18.0 Å². The first-order valence-corrected chi connectivity index (χ1v) is 8.21. The van der Waals surface area contributed by atoms with Gasteiger partial charge >= 0.3 is 5.97 Å². The maximum atomic E-state index is 12.3. The van der Waals surface area contributed by atoms with Gasteiger partial charge in [-0.1, -0.05) is 6.58 Å². The highest BCUT2D eigenvalue weighted by Crippen LogP contribution is 2.16. The van der Waals surface area contributed by atoms with Crippen LogP contribution in [0.2, 0.25) is 0 Å². The van der Waals surface area contributed by atoms with Crippen LogP contribution in [0.1, 0.15) is 36.5 Å². The van der Waals surface area contributed by atoms with Crippen molar-refractivity contribution in [2.24, 2.45) is 0 Å². The molecule has 0 bridgehead atoms. The van der Waals surface area contributed by atoms with Crippen LogP contribution >= 0.6 is 0 Å². The van der Waals surface area contributed by atoms with Crippen molar-refractivity contribution in [3.8, 4) is 12.1 Å². The van der Waals surface area contributed by atoms with Crippen molar-refractivity contribution in [1.82, 2.24) is 4.90 Å². The van der Waals surface area contributed by atoms with Crippen LogP contribution in [0.3, 0.4) is 0 Å². The fraction of sp³-hybridized carbons (Fsp3) is 0.300. The highest BCUT2D eigenvalue weighted by molar-refractivity contribution is 5.92. The van der Waals surface area contributed by atoms with E-state index in [2.05, 4.69) is 6.58 Å². The highest BCUT2D eigenvalue weighted by Gasteiger charge is 2.24. The Morgan fingerprint density at radius 2 is 1.77 bits per heavy atom. The number of ether oxygens (including phenoxy) is 1. The lowest BCUT2D eigenvalue weighted by molar-refractivity contribution is -0.147. The summed E-state index contributed by atoms with van der Waals surface area (Å²) in [4.78, 5) is 25.5. The van der Waals surface area contributed by atoms with E-state index in [0.717, 1.165) is 0 Å². The molecule has 1 aliphatic heterocycles. The molecule has 1 aromatic rings. The summed E-state index contributed by atoms with van der Waals surface area (Å²) in [7, 11) is 0. The largest absolute Gasteiger partial charge is 0.459 e. The molecule has 1 aliphatic rings. The van der Waals surface area contributed by atoms with E-state index in [1.807, 2.05) is 12.1 Å². The lowest BCUT2D eigenvalue weighted by Gasteiger charge is -2.31. The van der Waals surface area contributed by atoms with Crippen LogP contribution in [0.15, 0.2) is 36.4 Å². The predicted molar refractivity (Wildman–Crippen MR) is 95.4 cm³/mol. The van der Waals surface area contributed by atoms with Crippen LogP contribution in [0.25, 0.3) is 6.08 Å². The van der Waals surface area contributed by atoms with Crippen LogP contribution < -0.4 is 0 Å². The molecule has 0 atom stereocenters. The van der Waals surface area contributed by atoms with Crippen molar-refractivity contribution in [3.05, 3.63) is 53.1 Å². The van der Waals surface area contributed by atoms with Gasteiger partial charge in [0.25, 0.3) is 0 Å². The molecule has 1 fully saturated rings. The van der Waals surface area contributed by atoms with Crippen molar-refractivity contribution in [2.45, 2.75) is 25.9 Å². The molecule has 1 amide bonds. The summed E-state index contributed by atoms with van der Waals surface area (Å²) < 4.78 is 5.31. The first-order chi connectivity index (χ1) is 12.4. The molecule has 0 aromatic heterocycles. The maximum absolute atomic E-state index is 12.3. The second-order valence-electron chi connectivity index (χ2n) is 6.11. The molecule has 0 unspecified atom stereocenters. The fourth-order valence-electron chi connectivity index (χ4n) is 2.60. The van der Waals surface area contributed by atoms with Crippen molar-refractivity contribution in [3.63, 3.8) is 0 Å². The lowest BCUT2D eigenvalue weighted by atomic mass is 10.1. The summed E-state index contributed by atoms with van der Waals surface area (Å²) in [5.41, 5.74) is 1.73. The number of carbonyl (C=O) groups excluding carboxylic acids is 2. The third-order valence-electron chi connectivity index (χ3n) is 4.01. The second-order valence-corrected chi connectivity index (χ2v) is 6.11. The molecular weight excluding hydrogens is 330 g/mol. The molecule has 0 saturated carbocycles. The van der Waals surface area contributed by atoms with Gasteiger partial charge in [0.15, 0.2) is 0 Å². The summed E-state index contributed by atoms with van der Waals surface area (Å²) >= 11 is 0. The molecule has 6 nitrogen and oxygen atoms in total. The van der Waals surface area contributed by atoms with E-state index in [1.165, 1.54) is 12.1 Å². The van der Waals surface area contributed by atoms with Gasteiger partial charge in [0.2, 0.25) is 5.91 Å². The Labute approximate surface area is 152 Å². The summed E-state index contributed by atoms with van der Waals surface area (Å²) in [5, 5.41) is 18.0. The minimum atomic E-state index is -0.402. The smallest absolute Gasteiger partial charge is 0.333 e. The van der Waals surface area contributed by atoms with Gasteiger partial charge in [-0.15, -0.1) is 0 Å². The van der Waals surface area contributed by atoms with Crippen LogP contribution in [0.4, 0.5) is 0 Å². The molecule has 0 N–H and O–H groups in total. The zero-order valence-corrected chi connectivity index (χ0v) is 14.6. The average Bonchev–Trinajstić information content (AvgIpc) is 2.66. The zero-order chi connectivity index (χ0) is 19.1. The van der Waals surface area contributed by atoms with Crippen LogP contribution in [-0.2, 0) is 14.3 Å². The number of esters is 1. The van der Waals surface area contributed by atoms with E-state index in [4.69, 9.17) is 15.3 Å². The number of rotatable bonds is 4. The number of piperidine rings is 1. The van der Waals surface area contributed by atoms with E-state index < -0.39 is 5.97 Å². The van der Waals surface area contributed by atoms with E-state index in [1.54, 1.807) is 30.0 Å². The van der Waals surface area contributed by atoms with Gasteiger partial charge in [-0.25, -0.2) is 4.79 Å². The normalized spacial score (nSPS) is 14.5. The molecular formula is C20H19N3O3. The Hall–Kier alpha value is -3.38. The number of nitriles is 2. The monoisotopic (exact) mass is 349 g/mol. The zero-order valence-electron chi connectivity index (χ0n) is 14.6. The molecule has 26 heavy (non-hydrogen) atoms. The van der Waals surface area contributed by atoms with Crippen molar-refractivity contribution in [2.75, 3.05) is 13.1 Å². The number of benzene rings is 1. The van der Waals surface area contributed by atoms with E-state index in [9.17, 15) is 9.59 Å². The Kier molecular flexibility index (Phi) is 6.30. The molecule has 1 aromatic carbocycles. The van der Waals surface area contributed by atoms with Gasteiger partial charge in [0.05, 0.1) is 23.3 Å². The quantitative estimate of drug-likeness (QED) is 0.615. The standard InChI is InChI=1S/C20H19N3O3/c1-14(2)20(25)26-18-5-7-23(8-6-18)19(24)4-3-15-9-16(12-21)11-17(10-15)13-22/h3-4,9-11,18H,1,5-8H2,2H3/b4-3+. The third kappa shape index (κ3) is 5.06. The Morgan fingerprint density at radius 3 is 2.27 bits per heavy atom. The van der Waals surface area contributed by atoms with Gasteiger partial charge in [-0.2, -0.15) is 10.5 Å². The molecule has 0 spiro atoms. The minimum absolute atomic E-state index is 0.157. The SMILES string of the molecule is C=C(C)C(=O)OC1CCN(C(=O)/C=C/c2cc(C#N)cc(C#N)c2)CC1. The molecule has 0 aliphatic carbocycles. The Bertz CT molecular complexity index is 803. The van der Waals surface area contributed by atoms with Crippen molar-refractivity contribution < 1.29 is 14.3 Å². The molecule has 6 heteroatoms. The number of likely N-dealkylation sites (tertiary alicyclic amines) is 1. The summed E-state index contributed by atoms with van der Waals surface area (Å²) in [6.07, 6.45) is 4.00. The number of amides is 1. The lowest BCUT2D eigenvalue weighted by Crippen LogP contribution is -2.40. The molecule has 2 rings (SSSR count). The number of hydrogen-bond acceptors (Lipinski definition) is 5. The summed E-state index contributed by atoms with van der Waals surface area (Å²) in [6, 6.07) is 8.72. The number of hydrogen-bond donors (Lipinski definition) is 0. The van der Waals surface area contributed by atoms with Gasteiger partial charge in [-0.05, 0) is 36.8 Å². The molecule has 132 valence electrons. The molecule has 1 saturated heterocycles. The van der Waals surface area contributed by atoms with Gasteiger partial charge < -0.3 is 9.64 Å². The maximum Gasteiger partial charge on any atom is 0.333 e. The van der Waals surface area contributed by atoms with E-state index >= 15 is 0 Å². The van der Waals surface area contributed by atoms with Gasteiger partial charge in [0, 0.05) is 37.6 Å². The second kappa shape index (κ2) is 8.64. The molecule has 0 radical (unpaired) electrons. The number of carbonyl (C=O) groups is 2. The minimum Gasteiger partial charge on any atom is -0.459 e. The molecule has 1 heterocycles. The summed E-state index contributed by atoms with van der Waals surface area (Å²) in [6.45, 7) is 6.15. The average molecular weight is 349 g/mol. The Morgan fingerprint density at radius 1 is 1.19 bits per heavy atom. The third-order valence-corrected chi connectivity index (χ3v) is 4.01. The van der Waals surface area contributed by atoms with Gasteiger partial charge in [-0.3, -0.25) is 4.79 Å². The number of nitrogens with zero attached hydrogens (tertiary/aromatic N) is 3. The van der Waals surface area contributed by atoms with Crippen LogP contribution in [0.5, 0.6) is 0 Å². The van der Waals surface area contributed by atoms with E-state index in [0.29, 0.717) is 48.2 Å². The fourth-order valence-corrected chi connectivity index (χ4v) is 2.60.